The van der Waals surface area contributed by atoms with Crippen LogP contribution in [0.1, 0.15) is 60.7 Å². The number of benzene rings is 1. The van der Waals surface area contributed by atoms with Crippen LogP contribution >= 0.6 is 0 Å². The summed E-state index contributed by atoms with van der Waals surface area (Å²) < 4.78 is 5.28. The van der Waals surface area contributed by atoms with E-state index >= 15 is 0 Å². The first-order valence-electron chi connectivity index (χ1n) is 8.69. The van der Waals surface area contributed by atoms with E-state index in [1.807, 2.05) is 20.8 Å². The van der Waals surface area contributed by atoms with Crippen molar-refractivity contribution in [2.75, 3.05) is 6.54 Å². The van der Waals surface area contributed by atoms with Crippen molar-refractivity contribution in [1.29, 1.82) is 0 Å². The minimum absolute atomic E-state index is 0.0232. The fraction of sp³-hybridized carbons (Fsp3) is 0.526. The SMILES string of the molecule is CC(C)(C)OC(=O)N[C@H]1CC[C@@H](CN2C(=O)c3ccccc3C2=O)C1. The molecule has 1 aliphatic carbocycles. The molecule has 1 aromatic carbocycles. The van der Waals surface area contributed by atoms with Gasteiger partial charge in [-0.15, -0.1) is 0 Å². The van der Waals surface area contributed by atoms with Crippen LogP contribution in [0.5, 0.6) is 0 Å². The van der Waals surface area contributed by atoms with Crippen LogP contribution in [-0.4, -0.2) is 41.0 Å². The van der Waals surface area contributed by atoms with E-state index < -0.39 is 11.7 Å². The largest absolute Gasteiger partial charge is 0.444 e. The molecule has 6 heteroatoms. The molecular weight excluding hydrogens is 320 g/mol. The molecule has 0 aromatic heterocycles. The number of carbonyl (C=O) groups excluding carboxylic acids is 3. The highest BCUT2D eigenvalue weighted by Gasteiger charge is 2.38. The maximum atomic E-state index is 12.4. The van der Waals surface area contributed by atoms with Crippen LogP contribution in [0.25, 0.3) is 0 Å². The van der Waals surface area contributed by atoms with E-state index in [9.17, 15) is 14.4 Å². The van der Waals surface area contributed by atoms with Gasteiger partial charge in [0.25, 0.3) is 11.8 Å². The van der Waals surface area contributed by atoms with Gasteiger partial charge in [0.05, 0.1) is 11.1 Å². The van der Waals surface area contributed by atoms with Gasteiger partial charge in [-0.1, -0.05) is 12.1 Å². The van der Waals surface area contributed by atoms with E-state index in [-0.39, 0.29) is 23.8 Å². The Balaban J connectivity index is 1.55. The molecule has 0 bridgehead atoms. The second kappa shape index (κ2) is 6.50. The van der Waals surface area contributed by atoms with Crippen molar-refractivity contribution in [2.24, 2.45) is 5.92 Å². The average molecular weight is 344 g/mol. The molecular formula is C19H24N2O4. The Labute approximate surface area is 147 Å². The Bertz CT molecular complexity index is 673. The van der Waals surface area contributed by atoms with Crippen molar-refractivity contribution in [3.63, 3.8) is 0 Å². The molecule has 1 N–H and O–H groups in total. The van der Waals surface area contributed by atoms with Crippen molar-refractivity contribution >= 4 is 17.9 Å². The van der Waals surface area contributed by atoms with Crippen LogP contribution in [-0.2, 0) is 4.74 Å². The van der Waals surface area contributed by atoms with Crippen LogP contribution in [0.2, 0.25) is 0 Å². The average Bonchev–Trinajstić information content (AvgIpc) is 3.05. The first kappa shape index (κ1) is 17.5. The molecule has 1 saturated carbocycles. The Hall–Kier alpha value is -2.37. The topological polar surface area (TPSA) is 75.7 Å². The van der Waals surface area contributed by atoms with Gasteiger partial charge in [-0.2, -0.15) is 0 Å². The lowest BCUT2D eigenvalue weighted by molar-refractivity contribution is 0.0499. The number of hydrogen-bond donors (Lipinski definition) is 1. The zero-order valence-corrected chi connectivity index (χ0v) is 14.9. The molecule has 1 heterocycles. The van der Waals surface area contributed by atoms with Gasteiger partial charge >= 0.3 is 6.09 Å². The van der Waals surface area contributed by atoms with Crippen LogP contribution in [0.4, 0.5) is 4.79 Å². The number of nitrogens with one attached hydrogen (secondary N) is 1. The van der Waals surface area contributed by atoms with Crippen LogP contribution in [0.3, 0.4) is 0 Å². The second-order valence-corrected chi connectivity index (χ2v) is 7.79. The quantitative estimate of drug-likeness (QED) is 0.855. The van der Waals surface area contributed by atoms with Gasteiger partial charge in [-0.25, -0.2) is 4.79 Å². The predicted molar refractivity (Wildman–Crippen MR) is 92.3 cm³/mol. The number of carbonyl (C=O) groups is 3. The van der Waals surface area contributed by atoms with E-state index in [2.05, 4.69) is 5.32 Å². The standard InChI is InChI=1S/C19H24N2O4/c1-19(2,3)25-18(24)20-13-9-8-12(10-13)11-21-16(22)14-6-4-5-7-15(14)17(21)23/h4-7,12-13H,8-11H2,1-3H3,(H,20,24)/t12-,13+/m1/s1. The number of rotatable bonds is 3. The number of nitrogens with zero attached hydrogens (tertiary/aromatic N) is 1. The third-order valence-corrected chi connectivity index (χ3v) is 4.58. The fourth-order valence-corrected chi connectivity index (χ4v) is 3.51. The minimum atomic E-state index is -0.526. The van der Waals surface area contributed by atoms with Crippen molar-refractivity contribution in [3.8, 4) is 0 Å². The predicted octanol–water partition coefficient (Wildman–Crippen LogP) is 2.98. The number of hydrogen-bond acceptors (Lipinski definition) is 4. The molecule has 0 radical (unpaired) electrons. The van der Waals surface area contributed by atoms with Gasteiger partial charge in [0.1, 0.15) is 5.60 Å². The zero-order valence-electron chi connectivity index (χ0n) is 14.9. The Kier molecular flexibility index (Phi) is 4.54. The van der Waals surface area contributed by atoms with Gasteiger partial charge in [0.15, 0.2) is 0 Å². The first-order chi connectivity index (χ1) is 11.7. The first-order valence-corrected chi connectivity index (χ1v) is 8.69. The number of alkyl carbamates (subject to hydrolysis) is 1. The summed E-state index contributed by atoms with van der Waals surface area (Å²) in [7, 11) is 0. The normalized spacial score (nSPS) is 22.9. The van der Waals surface area contributed by atoms with Crippen molar-refractivity contribution in [2.45, 2.75) is 51.7 Å². The van der Waals surface area contributed by atoms with E-state index in [1.54, 1.807) is 24.3 Å². The van der Waals surface area contributed by atoms with E-state index in [0.29, 0.717) is 17.7 Å². The molecule has 3 amide bonds. The molecule has 0 spiro atoms. The molecule has 6 nitrogen and oxygen atoms in total. The number of imide groups is 1. The van der Waals surface area contributed by atoms with Crippen LogP contribution in [0, 0.1) is 5.92 Å². The lowest BCUT2D eigenvalue weighted by atomic mass is 10.1. The highest BCUT2D eigenvalue weighted by Crippen LogP contribution is 2.30. The maximum Gasteiger partial charge on any atom is 0.407 e. The summed E-state index contributed by atoms with van der Waals surface area (Å²) in [5.41, 5.74) is 0.435. The van der Waals surface area contributed by atoms with Crippen LogP contribution in [0.15, 0.2) is 24.3 Å². The van der Waals surface area contributed by atoms with Gasteiger partial charge in [-0.05, 0) is 58.1 Å². The number of amides is 3. The van der Waals surface area contributed by atoms with Crippen molar-refractivity contribution < 1.29 is 19.1 Å². The molecule has 3 rings (SSSR count). The maximum absolute atomic E-state index is 12.4. The third-order valence-electron chi connectivity index (χ3n) is 4.58. The van der Waals surface area contributed by atoms with Gasteiger partial charge in [-0.3, -0.25) is 14.5 Å². The molecule has 1 fully saturated rings. The number of ether oxygens (including phenoxy) is 1. The molecule has 1 aromatic rings. The molecule has 2 aliphatic rings. The summed E-state index contributed by atoms with van der Waals surface area (Å²) in [6.07, 6.45) is 2.02. The van der Waals surface area contributed by atoms with E-state index in [4.69, 9.17) is 4.74 Å². The zero-order chi connectivity index (χ0) is 18.2. The van der Waals surface area contributed by atoms with Crippen molar-refractivity contribution in [1.82, 2.24) is 10.2 Å². The Morgan fingerprint density at radius 3 is 2.32 bits per heavy atom. The summed E-state index contributed by atoms with van der Waals surface area (Å²) in [4.78, 5) is 38.1. The second-order valence-electron chi connectivity index (χ2n) is 7.79. The molecule has 0 saturated heterocycles. The number of fused-ring (bicyclic) bond motifs is 1. The lowest BCUT2D eigenvalue weighted by Crippen LogP contribution is -2.38. The summed E-state index contributed by atoms with van der Waals surface area (Å²) in [5.74, 6) is -0.240. The molecule has 0 unspecified atom stereocenters. The fourth-order valence-electron chi connectivity index (χ4n) is 3.51. The smallest absolute Gasteiger partial charge is 0.407 e. The Morgan fingerprint density at radius 1 is 1.16 bits per heavy atom. The van der Waals surface area contributed by atoms with Crippen molar-refractivity contribution in [3.05, 3.63) is 35.4 Å². The Morgan fingerprint density at radius 2 is 1.76 bits per heavy atom. The third kappa shape index (κ3) is 3.83. The van der Waals surface area contributed by atoms with E-state index in [1.165, 1.54) is 4.90 Å². The minimum Gasteiger partial charge on any atom is -0.444 e. The molecule has 134 valence electrons. The summed E-state index contributed by atoms with van der Waals surface area (Å²) in [6.45, 7) is 5.88. The van der Waals surface area contributed by atoms with Gasteiger partial charge in [0.2, 0.25) is 0 Å². The highest BCUT2D eigenvalue weighted by atomic mass is 16.6. The summed E-state index contributed by atoms with van der Waals surface area (Å²) in [5, 5.41) is 2.88. The molecule has 1 aliphatic heterocycles. The van der Waals surface area contributed by atoms with E-state index in [0.717, 1.165) is 19.3 Å². The van der Waals surface area contributed by atoms with Crippen LogP contribution < -0.4 is 5.32 Å². The highest BCUT2D eigenvalue weighted by molar-refractivity contribution is 6.21. The summed E-state index contributed by atoms with van der Waals surface area (Å²) in [6, 6.07) is 6.94. The monoisotopic (exact) mass is 344 g/mol. The summed E-state index contributed by atoms with van der Waals surface area (Å²) >= 11 is 0. The van der Waals surface area contributed by atoms with Gasteiger partial charge < -0.3 is 10.1 Å². The molecule has 25 heavy (non-hydrogen) atoms. The van der Waals surface area contributed by atoms with Gasteiger partial charge in [0, 0.05) is 12.6 Å². The molecule has 2 atom stereocenters. The lowest BCUT2D eigenvalue weighted by Gasteiger charge is -2.22.